The van der Waals surface area contributed by atoms with Gasteiger partial charge in [-0.2, -0.15) is 0 Å². The van der Waals surface area contributed by atoms with Gasteiger partial charge in [0.2, 0.25) is 0 Å². The van der Waals surface area contributed by atoms with Crippen LogP contribution in [0.3, 0.4) is 0 Å². The SMILES string of the molecule is c1ccc(-c2ccc(-c3nc(-c4ccccc4)nc(-c4ccc5c(c4)sc4ccc(-c6cccc7sc8ccccc8c67)cc45)n3)cc2)cc1. The third-order valence-electron chi connectivity index (χ3n) is 9.36. The van der Waals surface area contributed by atoms with Crippen molar-refractivity contribution >= 4 is 63.0 Å². The summed E-state index contributed by atoms with van der Waals surface area (Å²) in [5, 5.41) is 5.17. The average Bonchev–Trinajstić information content (AvgIpc) is 3.76. The molecule has 0 bridgehead atoms. The van der Waals surface area contributed by atoms with Gasteiger partial charge in [0, 0.05) is 57.0 Å². The van der Waals surface area contributed by atoms with Crippen molar-refractivity contribution in [2.75, 3.05) is 0 Å². The van der Waals surface area contributed by atoms with Crippen LogP contribution in [0.2, 0.25) is 0 Å². The molecular formula is C45H27N3S2. The van der Waals surface area contributed by atoms with Crippen molar-refractivity contribution < 1.29 is 0 Å². The van der Waals surface area contributed by atoms with Gasteiger partial charge in [-0.05, 0) is 52.6 Å². The first-order chi connectivity index (χ1) is 24.7. The molecule has 0 amide bonds. The average molecular weight is 674 g/mol. The van der Waals surface area contributed by atoms with Crippen LogP contribution >= 0.6 is 22.7 Å². The lowest BCUT2D eigenvalue weighted by molar-refractivity contribution is 1.07. The lowest BCUT2D eigenvalue weighted by Crippen LogP contribution is -2.00. The highest BCUT2D eigenvalue weighted by Gasteiger charge is 2.16. The highest BCUT2D eigenvalue weighted by molar-refractivity contribution is 7.26. The molecule has 3 aromatic heterocycles. The molecule has 50 heavy (non-hydrogen) atoms. The fourth-order valence-corrected chi connectivity index (χ4v) is 9.15. The second-order valence-electron chi connectivity index (χ2n) is 12.4. The van der Waals surface area contributed by atoms with Crippen molar-refractivity contribution in [2.24, 2.45) is 0 Å². The van der Waals surface area contributed by atoms with Crippen molar-refractivity contribution in [3.8, 4) is 56.4 Å². The molecule has 3 nitrogen and oxygen atoms in total. The van der Waals surface area contributed by atoms with Crippen LogP contribution in [0.25, 0.3) is 96.8 Å². The predicted molar refractivity (Wildman–Crippen MR) is 213 cm³/mol. The Labute approximate surface area is 296 Å². The molecule has 0 fully saturated rings. The van der Waals surface area contributed by atoms with E-state index in [2.05, 4.69) is 127 Å². The Balaban J connectivity index is 1.08. The number of hydrogen-bond donors (Lipinski definition) is 0. The molecule has 234 valence electrons. The van der Waals surface area contributed by atoms with E-state index in [4.69, 9.17) is 15.0 Å². The summed E-state index contributed by atoms with van der Waals surface area (Å²) in [5.41, 5.74) is 7.74. The Morgan fingerprint density at radius 3 is 1.62 bits per heavy atom. The molecule has 0 radical (unpaired) electrons. The first-order valence-corrected chi connectivity index (χ1v) is 18.2. The zero-order valence-electron chi connectivity index (χ0n) is 26.7. The second kappa shape index (κ2) is 11.8. The highest BCUT2D eigenvalue weighted by atomic mass is 32.1. The van der Waals surface area contributed by atoms with E-state index in [1.54, 1.807) is 0 Å². The van der Waals surface area contributed by atoms with Crippen molar-refractivity contribution in [1.29, 1.82) is 0 Å². The standard InChI is InChI=1S/C45H27N3S2/c1-3-10-28(11-4-1)29-18-20-31(21-19-29)44-46-43(30-12-5-2-6-13-30)47-45(48-44)33-22-24-35-37-26-32(23-25-39(37)50-41(35)27-33)34-15-9-17-40-42(34)36-14-7-8-16-38(36)49-40/h1-27H. The smallest absolute Gasteiger partial charge is 0.164 e. The summed E-state index contributed by atoms with van der Waals surface area (Å²) in [6.07, 6.45) is 0. The molecule has 10 aromatic rings. The summed E-state index contributed by atoms with van der Waals surface area (Å²) < 4.78 is 5.13. The van der Waals surface area contributed by atoms with Crippen LogP contribution in [0.1, 0.15) is 0 Å². The zero-order chi connectivity index (χ0) is 33.0. The van der Waals surface area contributed by atoms with Crippen molar-refractivity contribution in [1.82, 2.24) is 15.0 Å². The van der Waals surface area contributed by atoms with Crippen molar-refractivity contribution in [3.63, 3.8) is 0 Å². The minimum atomic E-state index is 0.657. The van der Waals surface area contributed by atoms with E-state index in [-0.39, 0.29) is 0 Å². The maximum absolute atomic E-state index is 5.05. The first kappa shape index (κ1) is 29.0. The fraction of sp³-hybridized carbons (Fsp3) is 0. The Morgan fingerprint density at radius 1 is 0.300 bits per heavy atom. The normalized spacial score (nSPS) is 11.6. The molecule has 0 saturated carbocycles. The number of aromatic nitrogens is 3. The minimum absolute atomic E-state index is 0.657. The van der Waals surface area contributed by atoms with Crippen LogP contribution in [0, 0.1) is 0 Å². The van der Waals surface area contributed by atoms with Gasteiger partial charge in [-0.25, -0.2) is 15.0 Å². The van der Waals surface area contributed by atoms with Gasteiger partial charge in [-0.3, -0.25) is 0 Å². The summed E-state index contributed by atoms with van der Waals surface area (Å²) in [7, 11) is 0. The third kappa shape index (κ3) is 4.98. The Kier molecular flexibility index (Phi) is 6.86. The molecule has 0 aliphatic carbocycles. The number of fused-ring (bicyclic) bond motifs is 6. The van der Waals surface area contributed by atoms with E-state index >= 15 is 0 Å². The van der Waals surface area contributed by atoms with Crippen molar-refractivity contribution in [2.45, 2.75) is 0 Å². The van der Waals surface area contributed by atoms with Crippen LogP contribution < -0.4 is 0 Å². The third-order valence-corrected chi connectivity index (χ3v) is 11.6. The summed E-state index contributed by atoms with van der Waals surface area (Å²) in [6, 6.07) is 58.0. The first-order valence-electron chi connectivity index (χ1n) is 16.6. The van der Waals surface area contributed by atoms with E-state index in [0.717, 1.165) is 22.3 Å². The van der Waals surface area contributed by atoms with E-state index in [9.17, 15) is 0 Å². The number of nitrogens with zero attached hydrogens (tertiary/aromatic N) is 3. The maximum atomic E-state index is 5.05. The molecule has 0 unspecified atom stereocenters. The summed E-state index contributed by atoms with van der Waals surface area (Å²) in [4.78, 5) is 15.0. The number of thiophene rings is 2. The summed E-state index contributed by atoms with van der Waals surface area (Å²) in [5.74, 6) is 1.98. The number of benzene rings is 7. The lowest BCUT2D eigenvalue weighted by Gasteiger charge is -2.09. The molecule has 0 aliphatic rings. The van der Waals surface area contributed by atoms with Gasteiger partial charge < -0.3 is 0 Å². The number of rotatable bonds is 5. The van der Waals surface area contributed by atoms with Gasteiger partial charge in [-0.1, -0.05) is 133 Å². The summed E-state index contributed by atoms with van der Waals surface area (Å²) in [6.45, 7) is 0. The molecule has 0 saturated heterocycles. The van der Waals surface area contributed by atoms with Crippen LogP contribution in [-0.4, -0.2) is 15.0 Å². The molecule has 0 atom stereocenters. The largest absolute Gasteiger partial charge is 0.208 e. The Bertz CT molecular complexity index is 2850. The van der Waals surface area contributed by atoms with E-state index in [1.807, 2.05) is 59.1 Å². The van der Waals surface area contributed by atoms with E-state index < -0.39 is 0 Å². The summed E-state index contributed by atoms with van der Waals surface area (Å²) >= 11 is 3.68. The molecule has 0 spiro atoms. The predicted octanol–water partition coefficient (Wildman–Crippen LogP) is 12.9. The number of hydrogen-bond acceptors (Lipinski definition) is 5. The zero-order valence-corrected chi connectivity index (χ0v) is 28.4. The van der Waals surface area contributed by atoms with Gasteiger partial charge in [0.1, 0.15) is 0 Å². The van der Waals surface area contributed by atoms with Crippen molar-refractivity contribution in [3.05, 3.63) is 164 Å². The molecule has 0 N–H and O–H groups in total. The molecule has 3 heterocycles. The Morgan fingerprint density at radius 2 is 0.840 bits per heavy atom. The monoisotopic (exact) mass is 673 g/mol. The second-order valence-corrected chi connectivity index (χ2v) is 14.6. The molecule has 0 aliphatic heterocycles. The van der Waals surface area contributed by atoms with Gasteiger partial charge in [0.15, 0.2) is 17.5 Å². The van der Waals surface area contributed by atoms with E-state index in [0.29, 0.717) is 17.5 Å². The van der Waals surface area contributed by atoms with Gasteiger partial charge in [0.25, 0.3) is 0 Å². The molecule has 5 heteroatoms. The maximum Gasteiger partial charge on any atom is 0.164 e. The molecular weight excluding hydrogens is 647 g/mol. The highest BCUT2D eigenvalue weighted by Crippen LogP contribution is 2.43. The molecule has 10 rings (SSSR count). The minimum Gasteiger partial charge on any atom is -0.208 e. The van der Waals surface area contributed by atoms with Crippen LogP contribution in [0.4, 0.5) is 0 Å². The van der Waals surface area contributed by atoms with E-state index in [1.165, 1.54) is 57.0 Å². The van der Waals surface area contributed by atoms with Gasteiger partial charge >= 0.3 is 0 Å². The van der Waals surface area contributed by atoms with Crippen LogP contribution in [-0.2, 0) is 0 Å². The van der Waals surface area contributed by atoms with Gasteiger partial charge in [0.05, 0.1) is 0 Å². The topological polar surface area (TPSA) is 38.7 Å². The quantitative estimate of drug-likeness (QED) is 0.182. The Hall–Kier alpha value is -6.01. The molecule has 7 aromatic carbocycles. The van der Waals surface area contributed by atoms with Gasteiger partial charge in [-0.15, -0.1) is 22.7 Å². The fourth-order valence-electron chi connectivity index (χ4n) is 6.89. The lowest BCUT2D eigenvalue weighted by atomic mass is 9.98. The van der Waals surface area contributed by atoms with Crippen LogP contribution in [0.5, 0.6) is 0 Å². The van der Waals surface area contributed by atoms with Crippen LogP contribution in [0.15, 0.2) is 164 Å².